The maximum absolute atomic E-state index is 12.2. The van der Waals surface area contributed by atoms with E-state index in [1.807, 2.05) is 24.3 Å². The van der Waals surface area contributed by atoms with Crippen molar-refractivity contribution < 1.29 is 10.0 Å². The van der Waals surface area contributed by atoms with Crippen molar-refractivity contribution in [3.05, 3.63) is 51.7 Å². The smallest absolute Gasteiger partial charge is 0.265 e. The van der Waals surface area contributed by atoms with Gasteiger partial charge in [-0.05, 0) is 31.5 Å². The highest BCUT2D eigenvalue weighted by molar-refractivity contribution is 7.14. The van der Waals surface area contributed by atoms with Crippen molar-refractivity contribution >= 4 is 28.6 Å². The molecule has 0 aliphatic carbocycles. The van der Waals surface area contributed by atoms with E-state index in [1.54, 1.807) is 19.1 Å². The van der Waals surface area contributed by atoms with Crippen LogP contribution in [0, 0.1) is 0 Å². The van der Waals surface area contributed by atoms with Gasteiger partial charge >= 0.3 is 0 Å². The number of carbonyl (C=O) groups is 1. The number of oxime groups is 1. The second kappa shape index (κ2) is 6.34. The second-order valence-corrected chi connectivity index (χ2v) is 5.47. The largest absolute Gasteiger partial charge is 0.411 e. The number of hydrogen-bond donors (Lipinski definition) is 2. The zero-order chi connectivity index (χ0) is 14.5. The van der Waals surface area contributed by atoms with Crippen molar-refractivity contribution in [2.24, 2.45) is 5.16 Å². The van der Waals surface area contributed by atoms with E-state index >= 15 is 0 Å². The van der Waals surface area contributed by atoms with Gasteiger partial charge in [0.15, 0.2) is 0 Å². The maximum Gasteiger partial charge on any atom is 0.265 e. The summed E-state index contributed by atoms with van der Waals surface area (Å²) in [6.45, 7) is 3.75. The van der Waals surface area contributed by atoms with Crippen LogP contribution in [-0.2, 0) is 6.42 Å². The van der Waals surface area contributed by atoms with Gasteiger partial charge in [-0.3, -0.25) is 4.79 Å². The van der Waals surface area contributed by atoms with Crippen molar-refractivity contribution in [3.8, 4) is 0 Å². The monoisotopic (exact) mass is 288 g/mol. The molecule has 1 aromatic carbocycles. The van der Waals surface area contributed by atoms with Gasteiger partial charge in [-0.1, -0.05) is 30.3 Å². The molecule has 0 radical (unpaired) electrons. The molecular weight excluding hydrogens is 272 g/mol. The number of hydrogen-bond acceptors (Lipinski definition) is 4. The van der Waals surface area contributed by atoms with Crippen LogP contribution in [0.15, 0.2) is 41.6 Å². The number of para-hydroxylation sites is 1. The van der Waals surface area contributed by atoms with Gasteiger partial charge in [-0.15, -0.1) is 11.3 Å². The zero-order valence-electron chi connectivity index (χ0n) is 11.4. The summed E-state index contributed by atoms with van der Waals surface area (Å²) >= 11 is 1.49. The lowest BCUT2D eigenvalue weighted by Gasteiger charge is -2.09. The standard InChI is InChI=1S/C15H16N2O2S/c1-3-11-8-9-14(20-11)15(18)16-13-7-5-4-6-12(13)10(2)17-19/h4-9,19H,3H2,1-2H3,(H,16,18). The summed E-state index contributed by atoms with van der Waals surface area (Å²) in [6, 6.07) is 11.0. The molecular formula is C15H16N2O2S. The molecule has 2 N–H and O–H groups in total. The van der Waals surface area contributed by atoms with Crippen molar-refractivity contribution in [1.29, 1.82) is 0 Å². The fourth-order valence-corrected chi connectivity index (χ4v) is 2.68. The van der Waals surface area contributed by atoms with Crippen LogP contribution in [0.2, 0.25) is 0 Å². The van der Waals surface area contributed by atoms with Crippen LogP contribution in [-0.4, -0.2) is 16.8 Å². The van der Waals surface area contributed by atoms with Crippen LogP contribution in [0.1, 0.15) is 34.0 Å². The highest BCUT2D eigenvalue weighted by Crippen LogP contribution is 2.21. The third-order valence-corrected chi connectivity index (χ3v) is 4.18. The minimum absolute atomic E-state index is 0.145. The number of nitrogens with one attached hydrogen (secondary N) is 1. The maximum atomic E-state index is 12.2. The van der Waals surface area contributed by atoms with E-state index in [2.05, 4.69) is 17.4 Å². The normalized spacial score (nSPS) is 11.4. The molecule has 0 bridgehead atoms. The molecule has 1 aromatic heterocycles. The average Bonchev–Trinajstić information content (AvgIpc) is 2.96. The summed E-state index contributed by atoms with van der Waals surface area (Å²) in [5.74, 6) is -0.145. The Kier molecular flexibility index (Phi) is 4.53. The fourth-order valence-electron chi connectivity index (χ4n) is 1.84. The molecule has 4 nitrogen and oxygen atoms in total. The molecule has 0 aliphatic heterocycles. The van der Waals surface area contributed by atoms with Gasteiger partial charge in [0, 0.05) is 10.4 Å². The molecule has 2 aromatic rings. The van der Waals surface area contributed by atoms with Crippen LogP contribution in [0.3, 0.4) is 0 Å². The summed E-state index contributed by atoms with van der Waals surface area (Å²) < 4.78 is 0. The molecule has 1 amide bonds. The Bertz CT molecular complexity index is 647. The van der Waals surface area contributed by atoms with Crippen LogP contribution in [0.4, 0.5) is 5.69 Å². The Balaban J connectivity index is 2.24. The number of thiophene rings is 1. The van der Waals surface area contributed by atoms with Gasteiger partial charge in [-0.25, -0.2) is 0 Å². The van der Waals surface area contributed by atoms with Crippen LogP contribution in [0.5, 0.6) is 0 Å². The predicted octanol–water partition coefficient (Wildman–Crippen LogP) is 3.76. The number of aryl methyl sites for hydroxylation is 1. The lowest BCUT2D eigenvalue weighted by molar-refractivity contribution is 0.103. The third kappa shape index (κ3) is 3.05. The average molecular weight is 288 g/mol. The highest BCUT2D eigenvalue weighted by atomic mass is 32.1. The van der Waals surface area contributed by atoms with Crippen molar-refractivity contribution in [2.45, 2.75) is 20.3 Å². The lowest BCUT2D eigenvalue weighted by atomic mass is 10.1. The van der Waals surface area contributed by atoms with E-state index in [0.29, 0.717) is 21.8 Å². The van der Waals surface area contributed by atoms with Gasteiger partial charge in [0.25, 0.3) is 5.91 Å². The van der Waals surface area contributed by atoms with Gasteiger partial charge in [0.2, 0.25) is 0 Å². The van der Waals surface area contributed by atoms with E-state index < -0.39 is 0 Å². The number of amides is 1. The first-order valence-electron chi connectivity index (χ1n) is 6.33. The first-order chi connectivity index (χ1) is 9.65. The quantitative estimate of drug-likeness (QED) is 0.511. The molecule has 0 atom stereocenters. The topological polar surface area (TPSA) is 61.7 Å². The van der Waals surface area contributed by atoms with Crippen molar-refractivity contribution in [1.82, 2.24) is 0 Å². The lowest BCUT2D eigenvalue weighted by Crippen LogP contribution is -2.13. The minimum atomic E-state index is -0.145. The minimum Gasteiger partial charge on any atom is -0.411 e. The Hall–Kier alpha value is -2.14. The van der Waals surface area contributed by atoms with E-state index in [4.69, 9.17) is 5.21 Å². The van der Waals surface area contributed by atoms with Crippen LogP contribution < -0.4 is 5.32 Å². The fraction of sp³-hybridized carbons (Fsp3) is 0.200. The zero-order valence-corrected chi connectivity index (χ0v) is 12.2. The van der Waals surface area contributed by atoms with Gasteiger partial charge < -0.3 is 10.5 Å². The number of carbonyl (C=O) groups excluding carboxylic acids is 1. The summed E-state index contributed by atoms with van der Waals surface area (Å²) in [5.41, 5.74) is 1.80. The summed E-state index contributed by atoms with van der Waals surface area (Å²) in [4.78, 5) is 14.1. The molecule has 5 heteroatoms. The van der Waals surface area contributed by atoms with E-state index in [1.165, 1.54) is 16.2 Å². The van der Waals surface area contributed by atoms with Gasteiger partial charge in [-0.2, -0.15) is 0 Å². The Morgan fingerprint density at radius 3 is 2.70 bits per heavy atom. The predicted molar refractivity (Wildman–Crippen MR) is 82.1 cm³/mol. The van der Waals surface area contributed by atoms with Crippen LogP contribution in [0.25, 0.3) is 0 Å². The van der Waals surface area contributed by atoms with Crippen LogP contribution >= 0.6 is 11.3 Å². The number of benzene rings is 1. The number of rotatable bonds is 4. The van der Waals surface area contributed by atoms with E-state index in [9.17, 15) is 4.79 Å². The molecule has 0 spiro atoms. The Morgan fingerprint density at radius 1 is 1.30 bits per heavy atom. The third-order valence-electron chi connectivity index (χ3n) is 2.95. The molecule has 2 rings (SSSR count). The number of nitrogens with zero attached hydrogens (tertiary/aromatic N) is 1. The molecule has 0 fully saturated rings. The molecule has 0 unspecified atom stereocenters. The molecule has 0 aliphatic rings. The second-order valence-electron chi connectivity index (χ2n) is 4.30. The molecule has 20 heavy (non-hydrogen) atoms. The summed E-state index contributed by atoms with van der Waals surface area (Å²) in [7, 11) is 0. The Labute approximate surface area is 121 Å². The van der Waals surface area contributed by atoms with Gasteiger partial charge in [0.05, 0.1) is 16.3 Å². The first kappa shape index (κ1) is 14.3. The molecule has 0 saturated heterocycles. The van der Waals surface area contributed by atoms with E-state index in [0.717, 1.165) is 6.42 Å². The highest BCUT2D eigenvalue weighted by Gasteiger charge is 2.12. The summed E-state index contributed by atoms with van der Waals surface area (Å²) in [6.07, 6.45) is 0.921. The first-order valence-corrected chi connectivity index (χ1v) is 7.15. The molecule has 104 valence electrons. The summed E-state index contributed by atoms with van der Waals surface area (Å²) in [5, 5.41) is 14.9. The molecule has 1 heterocycles. The van der Waals surface area contributed by atoms with Gasteiger partial charge in [0.1, 0.15) is 0 Å². The van der Waals surface area contributed by atoms with Crippen molar-refractivity contribution in [3.63, 3.8) is 0 Å². The van der Waals surface area contributed by atoms with Crippen molar-refractivity contribution in [2.75, 3.05) is 5.32 Å². The van der Waals surface area contributed by atoms with E-state index in [-0.39, 0.29) is 5.91 Å². The SMILES string of the molecule is CCc1ccc(C(=O)Nc2ccccc2C(C)=NO)s1. The Morgan fingerprint density at radius 2 is 2.05 bits per heavy atom. The molecule has 0 saturated carbocycles. The number of anilines is 1.